The highest BCUT2D eigenvalue weighted by Crippen LogP contribution is 1.96. The Morgan fingerprint density at radius 2 is 2.38 bits per heavy atom. The number of carbonyl (C=O) groups is 1. The summed E-state index contributed by atoms with van der Waals surface area (Å²) in [5, 5.41) is 8.66. The van der Waals surface area contributed by atoms with Crippen LogP contribution in [0.2, 0.25) is 0 Å². The van der Waals surface area contributed by atoms with E-state index in [1.807, 2.05) is 5.43 Å². The molecule has 0 saturated heterocycles. The van der Waals surface area contributed by atoms with Crippen LogP contribution in [0.15, 0.2) is 0 Å². The molecule has 1 atom stereocenters. The maximum Gasteiger partial charge on any atom is 0.253 e. The molecular weight excluding hydrogens is 174 g/mol. The quantitative estimate of drug-likeness (QED) is 0.255. The highest BCUT2D eigenvalue weighted by atomic mass is 16.5. The first-order valence-corrected chi connectivity index (χ1v) is 3.97. The van der Waals surface area contributed by atoms with E-state index >= 15 is 0 Å². The lowest BCUT2D eigenvalue weighted by Crippen LogP contribution is -2.50. The lowest BCUT2D eigenvalue weighted by atomic mass is 10.2. The van der Waals surface area contributed by atoms with E-state index in [2.05, 4.69) is 0 Å². The summed E-state index contributed by atoms with van der Waals surface area (Å²) in [5.41, 5.74) is 2.05. The first-order chi connectivity index (χ1) is 6.17. The minimum absolute atomic E-state index is 0.00539. The van der Waals surface area contributed by atoms with Gasteiger partial charge in [-0.1, -0.05) is 0 Å². The second-order valence-electron chi connectivity index (χ2n) is 2.68. The number of rotatable bonds is 6. The third kappa shape index (κ3) is 4.18. The number of hydrazine groups is 1. The number of nitrogens with two attached hydrogens (primary N) is 1. The van der Waals surface area contributed by atoms with Crippen LogP contribution in [-0.4, -0.2) is 55.9 Å². The van der Waals surface area contributed by atoms with Gasteiger partial charge in [0, 0.05) is 13.7 Å². The molecule has 78 valence electrons. The lowest BCUT2D eigenvalue weighted by Gasteiger charge is -2.24. The highest BCUT2D eigenvalue weighted by molar-refractivity contribution is 5.81. The zero-order valence-electron chi connectivity index (χ0n) is 7.99. The van der Waals surface area contributed by atoms with Gasteiger partial charge in [0.2, 0.25) is 0 Å². The minimum Gasteiger partial charge on any atom is -0.395 e. The number of nitrogens with zero attached hydrogens (tertiary/aromatic N) is 1. The number of ether oxygens (including phenoxy) is 1. The number of aliphatic hydroxyl groups is 1. The topological polar surface area (TPSA) is 87.8 Å². The zero-order chi connectivity index (χ0) is 10.3. The maximum atomic E-state index is 11.2. The highest BCUT2D eigenvalue weighted by Gasteiger charge is 2.21. The maximum absolute atomic E-state index is 11.2. The monoisotopic (exact) mass is 191 g/mol. The smallest absolute Gasteiger partial charge is 0.253 e. The molecule has 0 aliphatic carbocycles. The molecule has 0 bridgehead atoms. The molecule has 0 radical (unpaired) electrons. The van der Waals surface area contributed by atoms with E-state index in [-0.39, 0.29) is 19.1 Å². The zero-order valence-corrected chi connectivity index (χ0v) is 7.99. The van der Waals surface area contributed by atoms with Gasteiger partial charge < -0.3 is 9.84 Å². The predicted molar refractivity (Wildman–Crippen MR) is 47.7 cm³/mol. The summed E-state index contributed by atoms with van der Waals surface area (Å²) in [6, 6.07) is -0.456. The molecule has 0 saturated carbocycles. The van der Waals surface area contributed by atoms with Gasteiger partial charge in [-0.15, -0.1) is 0 Å². The van der Waals surface area contributed by atoms with E-state index in [9.17, 15) is 4.79 Å². The predicted octanol–water partition coefficient (Wildman–Crippen LogP) is -2.08. The number of carbonyl (C=O) groups excluding carboxylic acids is 1. The van der Waals surface area contributed by atoms with E-state index < -0.39 is 6.04 Å². The standard InChI is InChI=1S/C7H17N3O3/c1-10(3-4-11)6(5-13-2)7(12)9-8/h6,11H,3-5,8H2,1-2H3,(H,9,12). The van der Waals surface area contributed by atoms with Crippen LogP contribution in [-0.2, 0) is 9.53 Å². The van der Waals surface area contributed by atoms with Gasteiger partial charge in [0.25, 0.3) is 5.91 Å². The number of hydrogen-bond donors (Lipinski definition) is 3. The van der Waals surface area contributed by atoms with Crippen LogP contribution in [0.25, 0.3) is 0 Å². The molecule has 1 unspecified atom stereocenters. The summed E-state index contributed by atoms with van der Waals surface area (Å²) >= 11 is 0. The molecule has 0 aliphatic rings. The summed E-state index contributed by atoms with van der Waals surface area (Å²) in [5.74, 6) is 4.67. The van der Waals surface area contributed by atoms with Gasteiger partial charge in [0.05, 0.1) is 13.2 Å². The summed E-state index contributed by atoms with van der Waals surface area (Å²) in [6.07, 6.45) is 0. The van der Waals surface area contributed by atoms with Gasteiger partial charge in [0.1, 0.15) is 6.04 Å². The van der Waals surface area contributed by atoms with Crippen LogP contribution in [0.3, 0.4) is 0 Å². The van der Waals surface area contributed by atoms with Crippen molar-refractivity contribution in [3.8, 4) is 0 Å². The Kier molecular flexibility index (Phi) is 6.43. The van der Waals surface area contributed by atoms with Crippen molar-refractivity contribution in [2.24, 2.45) is 5.84 Å². The van der Waals surface area contributed by atoms with Crippen molar-refractivity contribution in [1.29, 1.82) is 0 Å². The molecule has 0 aromatic carbocycles. The molecule has 0 rings (SSSR count). The molecule has 0 aromatic rings. The number of likely N-dealkylation sites (N-methyl/N-ethyl adjacent to an activating group) is 1. The summed E-state index contributed by atoms with van der Waals surface area (Å²) in [4.78, 5) is 12.9. The number of hydrogen-bond acceptors (Lipinski definition) is 5. The SMILES string of the molecule is COCC(C(=O)NN)N(C)CCO. The van der Waals surface area contributed by atoms with Gasteiger partial charge in [0.15, 0.2) is 0 Å². The number of amides is 1. The van der Waals surface area contributed by atoms with E-state index in [1.54, 1.807) is 11.9 Å². The third-order valence-electron chi connectivity index (χ3n) is 1.75. The Balaban J connectivity index is 4.13. The molecule has 0 aromatic heterocycles. The molecule has 0 fully saturated rings. The average molecular weight is 191 g/mol. The van der Waals surface area contributed by atoms with Crippen molar-refractivity contribution in [2.45, 2.75) is 6.04 Å². The largest absolute Gasteiger partial charge is 0.395 e. The molecule has 0 spiro atoms. The van der Waals surface area contributed by atoms with E-state index in [0.29, 0.717) is 6.54 Å². The number of nitrogens with one attached hydrogen (secondary N) is 1. The van der Waals surface area contributed by atoms with Crippen molar-refractivity contribution in [1.82, 2.24) is 10.3 Å². The second kappa shape index (κ2) is 6.79. The first kappa shape index (κ1) is 12.3. The van der Waals surface area contributed by atoms with Gasteiger partial charge >= 0.3 is 0 Å². The average Bonchev–Trinajstić information content (AvgIpc) is 2.13. The Hall–Kier alpha value is -0.690. The second-order valence-corrected chi connectivity index (χ2v) is 2.68. The van der Waals surface area contributed by atoms with Crippen molar-refractivity contribution in [2.75, 3.05) is 33.9 Å². The molecule has 0 aliphatic heterocycles. The fraction of sp³-hybridized carbons (Fsp3) is 0.857. The molecule has 1 amide bonds. The number of methoxy groups -OCH3 is 1. The van der Waals surface area contributed by atoms with Crippen molar-refractivity contribution in [3.63, 3.8) is 0 Å². The summed E-state index contributed by atoms with van der Waals surface area (Å²) in [7, 11) is 3.22. The normalized spacial score (nSPS) is 13.0. The van der Waals surface area contributed by atoms with Crippen LogP contribution in [0.1, 0.15) is 0 Å². The van der Waals surface area contributed by atoms with Gasteiger partial charge in [-0.2, -0.15) is 0 Å². The molecule has 6 nitrogen and oxygen atoms in total. The van der Waals surface area contributed by atoms with Gasteiger partial charge in [-0.25, -0.2) is 5.84 Å². The first-order valence-electron chi connectivity index (χ1n) is 3.97. The summed E-state index contributed by atoms with van der Waals surface area (Å²) in [6.45, 7) is 0.648. The van der Waals surface area contributed by atoms with Crippen LogP contribution in [0.4, 0.5) is 0 Å². The Morgan fingerprint density at radius 3 is 2.77 bits per heavy atom. The fourth-order valence-corrected chi connectivity index (χ4v) is 0.971. The lowest BCUT2D eigenvalue weighted by molar-refractivity contribution is -0.128. The third-order valence-corrected chi connectivity index (χ3v) is 1.75. The minimum atomic E-state index is -0.456. The number of aliphatic hydroxyl groups excluding tert-OH is 1. The Bertz CT molecular complexity index is 154. The summed E-state index contributed by atoms with van der Waals surface area (Å²) < 4.78 is 4.85. The van der Waals surface area contributed by atoms with E-state index in [0.717, 1.165) is 0 Å². The molecule has 6 heteroatoms. The van der Waals surface area contributed by atoms with Crippen LogP contribution >= 0.6 is 0 Å². The van der Waals surface area contributed by atoms with E-state index in [1.165, 1.54) is 7.11 Å². The van der Waals surface area contributed by atoms with Crippen LogP contribution < -0.4 is 11.3 Å². The van der Waals surface area contributed by atoms with Crippen molar-refractivity contribution < 1.29 is 14.6 Å². The van der Waals surface area contributed by atoms with Gasteiger partial charge in [-0.3, -0.25) is 15.1 Å². The molecular formula is C7H17N3O3. The van der Waals surface area contributed by atoms with Crippen LogP contribution in [0, 0.1) is 0 Å². The van der Waals surface area contributed by atoms with Crippen molar-refractivity contribution >= 4 is 5.91 Å². The molecule has 4 N–H and O–H groups in total. The van der Waals surface area contributed by atoms with Crippen LogP contribution in [0.5, 0.6) is 0 Å². The fourth-order valence-electron chi connectivity index (χ4n) is 0.971. The molecule has 13 heavy (non-hydrogen) atoms. The van der Waals surface area contributed by atoms with Gasteiger partial charge in [-0.05, 0) is 7.05 Å². The molecule has 0 heterocycles. The Labute approximate surface area is 77.6 Å². The van der Waals surface area contributed by atoms with Crippen molar-refractivity contribution in [3.05, 3.63) is 0 Å². The Morgan fingerprint density at radius 1 is 1.77 bits per heavy atom. The van der Waals surface area contributed by atoms with E-state index in [4.69, 9.17) is 15.7 Å².